The summed E-state index contributed by atoms with van der Waals surface area (Å²) in [5.74, 6) is -0.118. The average molecular weight is 114 g/mol. The molecule has 0 saturated carbocycles. The molecule has 0 atom stereocenters. The molecule has 0 bridgehead atoms. The molecule has 0 unspecified atom stereocenters. The molecule has 2 N–H and O–H groups in total. The van der Waals surface area contributed by atoms with E-state index in [0.717, 1.165) is 5.70 Å². The highest BCUT2D eigenvalue weighted by Crippen LogP contribution is 1.70. The molecule has 0 aliphatic rings. The van der Waals surface area contributed by atoms with Crippen molar-refractivity contribution in [2.75, 3.05) is 0 Å². The average Bonchev–Trinajstić information content (AvgIpc) is 1.61. The first-order chi connectivity index (χ1) is 3.63. The highest BCUT2D eigenvalue weighted by Gasteiger charge is 1.84. The van der Waals surface area contributed by atoms with Crippen LogP contribution in [0.1, 0.15) is 13.8 Å². The van der Waals surface area contributed by atoms with Crippen molar-refractivity contribution in [3.8, 4) is 0 Å². The number of hydrogen-bond acceptors (Lipinski definition) is 2. The van der Waals surface area contributed by atoms with E-state index in [1.165, 1.54) is 6.92 Å². The van der Waals surface area contributed by atoms with E-state index in [0.29, 0.717) is 0 Å². The lowest BCUT2D eigenvalue weighted by atomic mass is 10.6. The summed E-state index contributed by atoms with van der Waals surface area (Å²) in [7, 11) is 0. The Balaban J connectivity index is 3.18. The van der Waals surface area contributed by atoms with Crippen LogP contribution in [0, 0.1) is 0 Å². The quantitative estimate of drug-likeness (QED) is 0.502. The molecule has 0 aliphatic carbocycles. The van der Waals surface area contributed by atoms with Crippen molar-refractivity contribution in [2.24, 2.45) is 0 Å². The van der Waals surface area contributed by atoms with E-state index >= 15 is 0 Å². The van der Waals surface area contributed by atoms with E-state index < -0.39 is 0 Å². The number of amides is 1. The molecule has 8 heavy (non-hydrogen) atoms. The van der Waals surface area contributed by atoms with Gasteiger partial charge in [-0.25, -0.2) is 0 Å². The van der Waals surface area contributed by atoms with Crippen LogP contribution in [0.4, 0.5) is 0 Å². The van der Waals surface area contributed by atoms with Gasteiger partial charge in [0, 0.05) is 12.6 Å². The summed E-state index contributed by atoms with van der Waals surface area (Å²) in [6.45, 7) is 6.69. The lowest BCUT2D eigenvalue weighted by molar-refractivity contribution is -0.119. The van der Waals surface area contributed by atoms with Crippen LogP contribution in [0.2, 0.25) is 0 Å². The Morgan fingerprint density at radius 3 is 2.00 bits per heavy atom. The van der Waals surface area contributed by atoms with Crippen molar-refractivity contribution in [1.82, 2.24) is 10.9 Å². The lowest BCUT2D eigenvalue weighted by Gasteiger charge is -2.02. The molecule has 0 rings (SSSR count). The van der Waals surface area contributed by atoms with Crippen molar-refractivity contribution in [3.63, 3.8) is 0 Å². The Bertz CT molecular complexity index is 95.0. The molecule has 46 valence electrons. The van der Waals surface area contributed by atoms with Gasteiger partial charge in [0.15, 0.2) is 0 Å². The zero-order valence-corrected chi connectivity index (χ0v) is 5.12. The molecular weight excluding hydrogens is 104 g/mol. The topological polar surface area (TPSA) is 41.1 Å². The zero-order valence-electron chi connectivity index (χ0n) is 5.12. The summed E-state index contributed by atoms with van der Waals surface area (Å²) in [5.41, 5.74) is 5.63. The summed E-state index contributed by atoms with van der Waals surface area (Å²) in [4.78, 5) is 10.1. The maximum atomic E-state index is 10.1. The fourth-order valence-electron chi connectivity index (χ4n) is 0.195. The standard InChI is InChI=1S/C5H10N2O/c1-4(2)6-7-5(3)8/h6H,1H2,2-3H3,(H,7,8). The first kappa shape index (κ1) is 7.01. The van der Waals surface area contributed by atoms with E-state index in [1.54, 1.807) is 6.92 Å². The Morgan fingerprint density at radius 1 is 1.38 bits per heavy atom. The van der Waals surface area contributed by atoms with Crippen LogP contribution < -0.4 is 10.9 Å². The van der Waals surface area contributed by atoms with Crippen LogP contribution in [0.15, 0.2) is 12.3 Å². The van der Waals surface area contributed by atoms with Crippen LogP contribution in [0.3, 0.4) is 0 Å². The van der Waals surface area contributed by atoms with E-state index in [2.05, 4.69) is 17.4 Å². The van der Waals surface area contributed by atoms with Gasteiger partial charge in [-0.3, -0.25) is 10.2 Å². The van der Waals surface area contributed by atoms with E-state index in [9.17, 15) is 4.79 Å². The van der Waals surface area contributed by atoms with Gasteiger partial charge in [0.2, 0.25) is 5.91 Å². The number of hydrazine groups is 1. The molecule has 0 fully saturated rings. The summed E-state index contributed by atoms with van der Waals surface area (Å²) in [5, 5.41) is 0. The Kier molecular flexibility index (Phi) is 2.69. The maximum absolute atomic E-state index is 10.1. The molecule has 0 heterocycles. The molecule has 0 aromatic heterocycles. The van der Waals surface area contributed by atoms with E-state index in [-0.39, 0.29) is 5.91 Å². The molecule has 0 aliphatic heterocycles. The van der Waals surface area contributed by atoms with Crippen molar-refractivity contribution in [2.45, 2.75) is 13.8 Å². The third-order valence-corrected chi connectivity index (χ3v) is 0.452. The molecule has 1 amide bonds. The predicted octanol–water partition coefficient (Wildman–Crippen LogP) is 0.161. The summed E-state index contributed by atoms with van der Waals surface area (Å²) in [6.07, 6.45) is 0. The van der Waals surface area contributed by atoms with Gasteiger partial charge in [-0.1, -0.05) is 6.58 Å². The number of hydrogen-bond donors (Lipinski definition) is 2. The maximum Gasteiger partial charge on any atom is 0.235 e. The van der Waals surface area contributed by atoms with Gasteiger partial charge >= 0.3 is 0 Å². The highest BCUT2D eigenvalue weighted by atomic mass is 16.2. The van der Waals surface area contributed by atoms with Crippen molar-refractivity contribution >= 4 is 5.91 Å². The van der Waals surface area contributed by atoms with Gasteiger partial charge in [-0.15, -0.1) is 0 Å². The van der Waals surface area contributed by atoms with Gasteiger partial charge in [0.25, 0.3) is 0 Å². The zero-order chi connectivity index (χ0) is 6.57. The minimum atomic E-state index is -0.118. The van der Waals surface area contributed by atoms with E-state index in [1.807, 2.05) is 0 Å². The van der Waals surface area contributed by atoms with Crippen molar-refractivity contribution in [3.05, 3.63) is 12.3 Å². The van der Waals surface area contributed by atoms with Crippen LogP contribution in [-0.4, -0.2) is 5.91 Å². The minimum Gasteiger partial charge on any atom is -0.304 e. The van der Waals surface area contributed by atoms with E-state index in [4.69, 9.17) is 0 Å². The molecule has 0 aromatic carbocycles. The normalized spacial score (nSPS) is 7.75. The molecule has 0 saturated heterocycles. The molecule has 0 radical (unpaired) electrons. The van der Waals surface area contributed by atoms with Gasteiger partial charge in [-0.2, -0.15) is 0 Å². The van der Waals surface area contributed by atoms with Crippen LogP contribution in [0.25, 0.3) is 0 Å². The monoisotopic (exact) mass is 114 g/mol. The third-order valence-electron chi connectivity index (χ3n) is 0.452. The SMILES string of the molecule is C=C(C)NNC(C)=O. The first-order valence-electron chi connectivity index (χ1n) is 2.31. The van der Waals surface area contributed by atoms with Crippen molar-refractivity contribution in [1.29, 1.82) is 0 Å². The Hall–Kier alpha value is -0.990. The Morgan fingerprint density at radius 2 is 1.88 bits per heavy atom. The lowest BCUT2D eigenvalue weighted by Crippen LogP contribution is -2.33. The van der Waals surface area contributed by atoms with Crippen LogP contribution in [-0.2, 0) is 4.79 Å². The third kappa shape index (κ3) is 5.01. The largest absolute Gasteiger partial charge is 0.304 e. The van der Waals surface area contributed by atoms with Crippen LogP contribution in [0.5, 0.6) is 0 Å². The summed E-state index contributed by atoms with van der Waals surface area (Å²) >= 11 is 0. The number of nitrogens with one attached hydrogen (secondary N) is 2. The molecule has 3 nitrogen and oxygen atoms in total. The molecule has 3 heteroatoms. The molecule has 0 aromatic rings. The number of carbonyl (C=O) groups is 1. The highest BCUT2D eigenvalue weighted by molar-refractivity contribution is 5.72. The van der Waals surface area contributed by atoms with Gasteiger partial charge in [0.1, 0.15) is 0 Å². The Labute approximate surface area is 48.7 Å². The minimum absolute atomic E-state index is 0.118. The molecular formula is C5H10N2O. The first-order valence-corrected chi connectivity index (χ1v) is 2.31. The fourth-order valence-corrected chi connectivity index (χ4v) is 0.195. The second-order valence-electron chi connectivity index (χ2n) is 1.59. The fraction of sp³-hybridized carbons (Fsp3) is 0.400. The predicted molar refractivity (Wildman–Crippen MR) is 31.8 cm³/mol. The second-order valence-corrected chi connectivity index (χ2v) is 1.59. The molecule has 0 spiro atoms. The number of rotatable bonds is 2. The van der Waals surface area contributed by atoms with Gasteiger partial charge in [-0.05, 0) is 6.92 Å². The van der Waals surface area contributed by atoms with Gasteiger partial charge in [0.05, 0.1) is 0 Å². The smallest absolute Gasteiger partial charge is 0.235 e. The number of allylic oxidation sites excluding steroid dienone is 1. The number of carbonyl (C=O) groups excluding carboxylic acids is 1. The van der Waals surface area contributed by atoms with Gasteiger partial charge < -0.3 is 5.43 Å². The van der Waals surface area contributed by atoms with Crippen LogP contribution >= 0.6 is 0 Å². The van der Waals surface area contributed by atoms with Crippen molar-refractivity contribution < 1.29 is 4.79 Å². The summed E-state index contributed by atoms with van der Waals surface area (Å²) < 4.78 is 0. The second kappa shape index (κ2) is 3.07. The summed E-state index contributed by atoms with van der Waals surface area (Å²) in [6, 6.07) is 0.